The van der Waals surface area contributed by atoms with Crippen LogP contribution in [-0.2, 0) is 0 Å². The summed E-state index contributed by atoms with van der Waals surface area (Å²) in [5.41, 5.74) is 1.23. The Labute approximate surface area is 128 Å². The van der Waals surface area contributed by atoms with Crippen molar-refractivity contribution in [3.05, 3.63) is 59.4 Å². The minimum absolute atomic E-state index is 0.0610. The van der Waals surface area contributed by atoms with Crippen LogP contribution < -0.4 is 5.32 Å². The van der Waals surface area contributed by atoms with E-state index in [0.29, 0.717) is 29.3 Å². The highest BCUT2D eigenvalue weighted by Gasteiger charge is 2.26. The number of nitrogens with one attached hydrogen (secondary N) is 1. The monoisotopic (exact) mass is 294 g/mol. The molecule has 0 amide bonds. The molecule has 0 bridgehead atoms. The molecule has 0 saturated heterocycles. The third kappa shape index (κ3) is 3.29. The van der Waals surface area contributed by atoms with Crippen LogP contribution in [0.3, 0.4) is 0 Å². The van der Waals surface area contributed by atoms with Crippen LogP contribution in [0, 0.1) is 17.7 Å². The molecule has 22 heavy (non-hydrogen) atoms. The molecule has 0 radical (unpaired) electrons. The van der Waals surface area contributed by atoms with E-state index in [1.807, 2.05) is 0 Å². The quantitative estimate of drug-likeness (QED) is 0.820. The van der Waals surface area contributed by atoms with Gasteiger partial charge in [0.25, 0.3) is 0 Å². The fraction of sp³-hybridized carbons (Fsp3) is 0.235. The lowest BCUT2D eigenvalue weighted by molar-refractivity contribution is 0.506. The van der Waals surface area contributed by atoms with Crippen molar-refractivity contribution in [2.24, 2.45) is 4.99 Å². The van der Waals surface area contributed by atoms with E-state index in [9.17, 15) is 4.39 Å². The van der Waals surface area contributed by atoms with E-state index in [1.54, 1.807) is 24.5 Å². The lowest BCUT2D eigenvalue weighted by Crippen LogP contribution is -2.40. The lowest BCUT2D eigenvalue weighted by atomic mass is 10.1. The summed E-state index contributed by atoms with van der Waals surface area (Å²) in [6.45, 7) is 4.84. The maximum absolute atomic E-state index is 13.1. The number of benzene rings is 1. The van der Waals surface area contributed by atoms with Gasteiger partial charge in [-0.2, -0.15) is 0 Å². The second kappa shape index (κ2) is 5.57. The fourth-order valence-corrected chi connectivity index (χ4v) is 2.03. The van der Waals surface area contributed by atoms with E-state index in [-0.39, 0.29) is 11.4 Å². The average Bonchev–Trinajstić information content (AvgIpc) is 2.86. The molecular weight excluding hydrogens is 279 g/mol. The normalized spacial score (nSPS) is 15.5. The molecule has 2 aromatic rings. The zero-order valence-corrected chi connectivity index (χ0v) is 12.4. The van der Waals surface area contributed by atoms with Gasteiger partial charge in [-0.15, -0.1) is 0 Å². The molecule has 0 aliphatic carbocycles. The molecule has 1 N–H and O–H groups in total. The molecule has 0 spiro atoms. The molecule has 1 aliphatic heterocycles. The Bertz CT molecular complexity index is 782. The number of hydrogen-bond acceptors (Lipinski definition) is 4. The molecule has 110 valence electrons. The molecule has 0 saturated carbocycles. The standard InChI is InChI=1S/C17H15FN4/c1-17(2)11-21-16(22-17)15-19-9-13(10-20-15)7-6-12-4-3-5-14(18)8-12/h3-5,8-10H,11H2,1-2H3,(H,21,22). The smallest absolute Gasteiger partial charge is 0.195 e. The van der Waals surface area contributed by atoms with Gasteiger partial charge in [-0.05, 0) is 32.0 Å². The molecule has 0 unspecified atom stereocenters. The molecule has 3 rings (SSSR count). The van der Waals surface area contributed by atoms with Crippen molar-refractivity contribution in [1.82, 2.24) is 15.3 Å². The van der Waals surface area contributed by atoms with E-state index >= 15 is 0 Å². The van der Waals surface area contributed by atoms with Crippen molar-refractivity contribution in [1.29, 1.82) is 0 Å². The Morgan fingerprint density at radius 2 is 1.86 bits per heavy atom. The predicted octanol–water partition coefficient (Wildman–Crippen LogP) is 2.14. The zero-order valence-electron chi connectivity index (χ0n) is 12.4. The summed E-state index contributed by atoms with van der Waals surface area (Å²) in [6, 6.07) is 6.16. The number of amidine groups is 1. The summed E-state index contributed by atoms with van der Waals surface area (Å²) < 4.78 is 13.1. The second-order valence-corrected chi connectivity index (χ2v) is 5.73. The third-order valence-electron chi connectivity index (χ3n) is 3.13. The van der Waals surface area contributed by atoms with Crippen molar-refractivity contribution >= 4 is 5.84 Å². The second-order valence-electron chi connectivity index (χ2n) is 5.73. The van der Waals surface area contributed by atoms with Gasteiger partial charge < -0.3 is 5.32 Å². The van der Waals surface area contributed by atoms with Crippen molar-refractivity contribution in [2.45, 2.75) is 19.4 Å². The summed E-state index contributed by atoms with van der Waals surface area (Å²) in [5, 5.41) is 3.28. The molecular formula is C17H15FN4. The number of aliphatic imine (C=N–C) groups is 1. The number of halogens is 1. The van der Waals surface area contributed by atoms with E-state index < -0.39 is 0 Å². The summed E-state index contributed by atoms with van der Waals surface area (Å²) in [6.07, 6.45) is 3.29. The molecule has 4 nitrogen and oxygen atoms in total. The Morgan fingerprint density at radius 3 is 2.50 bits per heavy atom. The van der Waals surface area contributed by atoms with Gasteiger partial charge >= 0.3 is 0 Å². The highest BCUT2D eigenvalue weighted by atomic mass is 19.1. The van der Waals surface area contributed by atoms with Crippen molar-refractivity contribution in [2.75, 3.05) is 6.54 Å². The molecule has 1 aromatic heterocycles. The zero-order chi connectivity index (χ0) is 15.6. The third-order valence-corrected chi connectivity index (χ3v) is 3.13. The van der Waals surface area contributed by atoms with Crippen LogP contribution >= 0.6 is 0 Å². The van der Waals surface area contributed by atoms with Gasteiger partial charge in [0.1, 0.15) is 5.82 Å². The molecule has 5 heteroatoms. The first-order chi connectivity index (χ1) is 10.5. The molecule has 1 aliphatic rings. The van der Waals surface area contributed by atoms with Crippen LogP contribution in [0.1, 0.15) is 30.8 Å². The van der Waals surface area contributed by atoms with Gasteiger partial charge in [-0.3, -0.25) is 4.99 Å². The SMILES string of the molecule is CC1(C)CN=C(c2ncc(C#Cc3cccc(F)c3)cn2)N1. The summed E-state index contributed by atoms with van der Waals surface area (Å²) in [5.74, 6) is 6.77. The van der Waals surface area contributed by atoms with Gasteiger partial charge in [0.2, 0.25) is 0 Å². The van der Waals surface area contributed by atoms with E-state index in [2.05, 4.69) is 46.0 Å². The van der Waals surface area contributed by atoms with Crippen molar-refractivity contribution in [3.8, 4) is 11.8 Å². The van der Waals surface area contributed by atoms with Crippen LogP contribution in [-0.4, -0.2) is 27.9 Å². The minimum atomic E-state index is -0.300. The molecule has 1 aromatic carbocycles. The van der Waals surface area contributed by atoms with E-state index in [1.165, 1.54) is 12.1 Å². The fourth-order valence-electron chi connectivity index (χ4n) is 2.03. The van der Waals surface area contributed by atoms with E-state index in [4.69, 9.17) is 0 Å². The maximum atomic E-state index is 13.1. The Kier molecular flexibility index (Phi) is 3.60. The topological polar surface area (TPSA) is 50.2 Å². The van der Waals surface area contributed by atoms with Crippen LogP contribution in [0.15, 0.2) is 41.7 Å². The highest BCUT2D eigenvalue weighted by molar-refractivity contribution is 5.97. The predicted molar refractivity (Wildman–Crippen MR) is 83.0 cm³/mol. The maximum Gasteiger partial charge on any atom is 0.195 e. The highest BCUT2D eigenvalue weighted by Crippen LogP contribution is 2.11. The van der Waals surface area contributed by atoms with Crippen molar-refractivity contribution in [3.63, 3.8) is 0 Å². The van der Waals surface area contributed by atoms with Crippen LogP contribution in [0.5, 0.6) is 0 Å². The van der Waals surface area contributed by atoms with Gasteiger partial charge in [0.15, 0.2) is 11.7 Å². The Hall–Kier alpha value is -2.74. The molecule has 2 heterocycles. The van der Waals surface area contributed by atoms with Gasteiger partial charge in [-0.1, -0.05) is 17.9 Å². The molecule has 0 atom stereocenters. The summed E-state index contributed by atoms with van der Waals surface area (Å²) in [7, 11) is 0. The van der Waals surface area contributed by atoms with Gasteiger partial charge in [-0.25, -0.2) is 14.4 Å². The Balaban J connectivity index is 1.76. The largest absolute Gasteiger partial charge is 0.360 e. The first-order valence-electron chi connectivity index (χ1n) is 6.94. The van der Waals surface area contributed by atoms with Gasteiger partial charge in [0, 0.05) is 18.0 Å². The average molecular weight is 294 g/mol. The minimum Gasteiger partial charge on any atom is -0.360 e. The number of hydrogen-bond donors (Lipinski definition) is 1. The van der Waals surface area contributed by atoms with E-state index in [0.717, 1.165) is 0 Å². The number of rotatable bonds is 1. The van der Waals surface area contributed by atoms with Crippen molar-refractivity contribution < 1.29 is 4.39 Å². The lowest BCUT2D eigenvalue weighted by Gasteiger charge is -2.17. The van der Waals surface area contributed by atoms with Crippen LogP contribution in [0.2, 0.25) is 0 Å². The molecule has 0 fully saturated rings. The summed E-state index contributed by atoms with van der Waals surface area (Å²) in [4.78, 5) is 12.9. The first kappa shape index (κ1) is 14.2. The Morgan fingerprint density at radius 1 is 1.14 bits per heavy atom. The first-order valence-corrected chi connectivity index (χ1v) is 6.94. The summed E-state index contributed by atoms with van der Waals surface area (Å²) >= 11 is 0. The number of aromatic nitrogens is 2. The number of nitrogens with zero attached hydrogens (tertiary/aromatic N) is 3. The van der Waals surface area contributed by atoms with Crippen LogP contribution in [0.4, 0.5) is 4.39 Å². The van der Waals surface area contributed by atoms with Gasteiger partial charge in [0.05, 0.1) is 17.6 Å². The van der Waals surface area contributed by atoms with Crippen LogP contribution in [0.25, 0.3) is 0 Å².